The summed E-state index contributed by atoms with van der Waals surface area (Å²) in [4.78, 5) is 0. The molecule has 0 fully saturated rings. The van der Waals surface area contributed by atoms with Crippen molar-refractivity contribution in [3.8, 4) is 11.5 Å². The van der Waals surface area contributed by atoms with Crippen LogP contribution in [0.4, 0.5) is 5.69 Å². The maximum Gasteiger partial charge on any atom is 0.119 e. The molecule has 0 aliphatic heterocycles. The van der Waals surface area contributed by atoms with Crippen molar-refractivity contribution in [3.05, 3.63) is 53.6 Å². The summed E-state index contributed by atoms with van der Waals surface area (Å²) in [6.07, 6.45) is 0. The molecule has 2 aromatic carbocycles. The lowest BCUT2D eigenvalue weighted by Crippen LogP contribution is -2.01. The van der Waals surface area contributed by atoms with Crippen molar-refractivity contribution < 1.29 is 9.84 Å². The van der Waals surface area contributed by atoms with Crippen molar-refractivity contribution in [1.82, 2.24) is 0 Å². The van der Waals surface area contributed by atoms with Gasteiger partial charge in [-0.3, -0.25) is 0 Å². The molecule has 0 aromatic heterocycles. The molecule has 3 nitrogen and oxygen atoms in total. The molecule has 100 valence electrons. The van der Waals surface area contributed by atoms with Crippen LogP contribution in [-0.2, 0) is 6.54 Å². The molecule has 2 aromatic rings. The summed E-state index contributed by atoms with van der Waals surface area (Å²) in [7, 11) is 0. The number of aromatic hydroxyl groups is 1. The average Bonchev–Trinajstić information content (AvgIpc) is 2.38. The van der Waals surface area contributed by atoms with E-state index in [1.54, 1.807) is 12.1 Å². The molecule has 0 radical (unpaired) electrons. The first-order valence-electron chi connectivity index (χ1n) is 6.44. The van der Waals surface area contributed by atoms with E-state index in [4.69, 9.17) is 4.74 Å². The Morgan fingerprint density at radius 1 is 1.16 bits per heavy atom. The standard InChI is InChI=1S/C16H19NO2/c1-3-19-15-6-4-5-13(10-15)11-17-16-8-7-14(18)9-12(16)2/h4-10,17-18H,3,11H2,1-2H3. The minimum Gasteiger partial charge on any atom is -0.508 e. The Balaban J connectivity index is 2.03. The number of rotatable bonds is 5. The van der Waals surface area contributed by atoms with E-state index in [1.165, 1.54) is 5.56 Å². The lowest BCUT2D eigenvalue weighted by molar-refractivity contribution is 0.340. The molecule has 0 amide bonds. The second kappa shape index (κ2) is 6.14. The van der Waals surface area contributed by atoms with Gasteiger partial charge in [-0.2, -0.15) is 0 Å². The van der Waals surface area contributed by atoms with Crippen molar-refractivity contribution in [3.63, 3.8) is 0 Å². The predicted octanol–water partition coefficient (Wildman–Crippen LogP) is 3.71. The Kier molecular flexibility index (Phi) is 4.29. The smallest absolute Gasteiger partial charge is 0.119 e. The van der Waals surface area contributed by atoms with Crippen LogP contribution in [0.25, 0.3) is 0 Å². The molecule has 0 heterocycles. The summed E-state index contributed by atoms with van der Waals surface area (Å²) < 4.78 is 5.48. The molecule has 0 saturated heterocycles. The highest BCUT2D eigenvalue weighted by Crippen LogP contribution is 2.21. The Morgan fingerprint density at radius 2 is 2.00 bits per heavy atom. The number of hydrogen-bond donors (Lipinski definition) is 2. The predicted molar refractivity (Wildman–Crippen MR) is 77.8 cm³/mol. The van der Waals surface area contributed by atoms with Crippen LogP contribution in [-0.4, -0.2) is 11.7 Å². The first-order chi connectivity index (χ1) is 9.19. The van der Waals surface area contributed by atoms with Crippen LogP contribution in [0, 0.1) is 6.92 Å². The van der Waals surface area contributed by atoms with Gasteiger partial charge in [0.15, 0.2) is 0 Å². The molecular weight excluding hydrogens is 238 g/mol. The Hall–Kier alpha value is -2.16. The third-order valence-electron chi connectivity index (χ3n) is 2.90. The first-order valence-corrected chi connectivity index (χ1v) is 6.44. The lowest BCUT2D eigenvalue weighted by atomic mass is 10.1. The number of benzene rings is 2. The molecule has 0 atom stereocenters. The van der Waals surface area contributed by atoms with Crippen molar-refractivity contribution in [2.75, 3.05) is 11.9 Å². The zero-order valence-electron chi connectivity index (χ0n) is 11.3. The van der Waals surface area contributed by atoms with E-state index < -0.39 is 0 Å². The van der Waals surface area contributed by atoms with Gasteiger partial charge in [0.25, 0.3) is 0 Å². The highest BCUT2D eigenvalue weighted by molar-refractivity contribution is 5.53. The van der Waals surface area contributed by atoms with E-state index in [9.17, 15) is 5.11 Å². The number of hydrogen-bond acceptors (Lipinski definition) is 3. The van der Waals surface area contributed by atoms with E-state index in [-0.39, 0.29) is 0 Å². The van der Waals surface area contributed by atoms with Gasteiger partial charge in [0.05, 0.1) is 6.61 Å². The van der Waals surface area contributed by atoms with Crippen molar-refractivity contribution in [2.24, 2.45) is 0 Å². The molecule has 0 aliphatic rings. The fourth-order valence-corrected chi connectivity index (χ4v) is 1.96. The highest BCUT2D eigenvalue weighted by Gasteiger charge is 2.00. The molecule has 0 bridgehead atoms. The molecule has 3 heteroatoms. The van der Waals surface area contributed by atoms with Crippen LogP contribution in [0.2, 0.25) is 0 Å². The van der Waals surface area contributed by atoms with Gasteiger partial charge in [0.2, 0.25) is 0 Å². The maximum absolute atomic E-state index is 9.37. The average molecular weight is 257 g/mol. The van der Waals surface area contributed by atoms with Crippen molar-refractivity contribution >= 4 is 5.69 Å². The SMILES string of the molecule is CCOc1cccc(CNc2ccc(O)cc2C)c1. The normalized spacial score (nSPS) is 10.2. The summed E-state index contributed by atoms with van der Waals surface area (Å²) in [5, 5.41) is 12.7. The minimum atomic E-state index is 0.293. The number of aryl methyl sites for hydroxylation is 1. The van der Waals surface area contributed by atoms with E-state index in [0.29, 0.717) is 12.4 Å². The van der Waals surface area contributed by atoms with Crippen molar-refractivity contribution in [2.45, 2.75) is 20.4 Å². The largest absolute Gasteiger partial charge is 0.508 e. The molecule has 2 rings (SSSR count). The number of ether oxygens (including phenoxy) is 1. The summed E-state index contributed by atoms with van der Waals surface area (Å²) in [5.41, 5.74) is 3.22. The van der Waals surface area contributed by atoms with E-state index >= 15 is 0 Å². The van der Waals surface area contributed by atoms with Gasteiger partial charge in [0.1, 0.15) is 11.5 Å². The van der Waals surface area contributed by atoms with Crippen LogP contribution in [0.3, 0.4) is 0 Å². The third-order valence-corrected chi connectivity index (χ3v) is 2.90. The van der Waals surface area contributed by atoms with Gasteiger partial charge >= 0.3 is 0 Å². The van der Waals surface area contributed by atoms with Crippen LogP contribution in [0.1, 0.15) is 18.1 Å². The molecule has 0 saturated carbocycles. The quantitative estimate of drug-likeness (QED) is 0.802. The second-order valence-electron chi connectivity index (χ2n) is 4.43. The highest BCUT2D eigenvalue weighted by atomic mass is 16.5. The van der Waals surface area contributed by atoms with E-state index in [1.807, 2.05) is 38.1 Å². The zero-order chi connectivity index (χ0) is 13.7. The van der Waals surface area contributed by atoms with Gasteiger partial charge in [0, 0.05) is 12.2 Å². The van der Waals surface area contributed by atoms with Crippen LogP contribution in [0.15, 0.2) is 42.5 Å². The van der Waals surface area contributed by atoms with Gasteiger partial charge in [-0.05, 0) is 55.3 Å². The Bertz CT molecular complexity index is 552. The van der Waals surface area contributed by atoms with Gasteiger partial charge in [-0.15, -0.1) is 0 Å². The number of anilines is 1. The van der Waals surface area contributed by atoms with Crippen LogP contribution >= 0.6 is 0 Å². The van der Waals surface area contributed by atoms with Gasteiger partial charge < -0.3 is 15.2 Å². The minimum absolute atomic E-state index is 0.293. The Labute approximate surface area is 113 Å². The monoisotopic (exact) mass is 257 g/mol. The number of phenols is 1. The summed E-state index contributed by atoms with van der Waals surface area (Å²) in [6.45, 7) is 5.35. The zero-order valence-corrected chi connectivity index (χ0v) is 11.3. The lowest BCUT2D eigenvalue weighted by Gasteiger charge is -2.11. The molecular formula is C16H19NO2. The van der Waals surface area contributed by atoms with Crippen LogP contribution < -0.4 is 10.1 Å². The topological polar surface area (TPSA) is 41.5 Å². The molecule has 0 unspecified atom stereocenters. The molecule has 19 heavy (non-hydrogen) atoms. The maximum atomic E-state index is 9.37. The second-order valence-corrected chi connectivity index (χ2v) is 4.43. The fourth-order valence-electron chi connectivity index (χ4n) is 1.96. The first kappa shape index (κ1) is 13.3. The number of phenolic OH excluding ortho intramolecular Hbond substituents is 1. The summed E-state index contributed by atoms with van der Waals surface area (Å²) in [5.74, 6) is 1.19. The van der Waals surface area contributed by atoms with E-state index in [0.717, 1.165) is 23.5 Å². The third kappa shape index (κ3) is 3.65. The molecule has 2 N–H and O–H groups in total. The van der Waals surface area contributed by atoms with Crippen LogP contribution in [0.5, 0.6) is 11.5 Å². The molecule has 0 aliphatic carbocycles. The fraction of sp³-hybridized carbons (Fsp3) is 0.250. The van der Waals surface area contributed by atoms with Crippen molar-refractivity contribution in [1.29, 1.82) is 0 Å². The Morgan fingerprint density at radius 3 is 2.74 bits per heavy atom. The van der Waals surface area contributed by atoms with E-state index in [2.05, 4.69) is 11.4 Å². The number of nitrogens with one attached hydrogen (secondary N) is 1. The van der Waals surface area contributed by atoms with Gasteiger partial charge in [-0.1, -0.05) is 12.1 Å². The summed E-state index contributed by atoms with van der Waals surface area (Å²) >= 11 is 0. The summed E-state index contributed by atoms with van der Waals surface area (Å²) in [6, 6.07) is 13.4. The van der Waals surface area contributed by atoms with Gasteiger partial charge in [-0.25, -0.2) is 0 Å². The molecule has 0 spiro atoms.